The van der Waals surface area contributed by atoms with Gasteiger partial charge in [0.25, 0.3) is 0 Å². The summed E-state index contributed by atoms with van der Waals surface area (Å²) in [5, 5.41) is 11.8. The lowest BCUT2D eigenvalue weighted by atomic mass is 9.96. The monoisotopic (exact) mass is 289 g/mol. The highest BCUT2D eigenvalue weighted by Gasteiger charge is 2.27. The van der Waals surface area contributed by atoms with Crippen molar-refractivity contribution in [2.24, 2.45) is 5.92 Å². The first-order valence-electron chi connectivity index (χ1n) is 7.00. The highest BCUT2D eigenvalue weighted by atomic mass is 16.4. The van der Waals surface area contributed by atoms with Gasteiger partial charge in [0.15, 0.2) is 0 Å². The lowest BCUT2D eigenvalue weighted by Gasteiger charge is -2.30. The first-order valence-corrected chi connectivity index (χ1v) is 7.00. The Morgan fingerprint density at radius 2 is 1.95 bits per heavy atom. The van der Waals surface area contributed by atoms with Crippen LogP contribution in [0.3, 0.4) is 0 Å². The van der Waals surface area contributed by atoms with E-state index in [2.05, 4.69) is 11.4 Å². The second-order valence-corrected chi connectivity index (χ2v) is 5.37. The van der Waals surface area contributed by atoms with E-state index in [0.717, 1.165) is 5.56 Å². The molecule has 0 aromatic carbocycles. The molecule has 6 heteroatoms. The van der Waals surface area contributed by atoms with Gasteiger partial charge in [-0.25, -0.2) is 0 Å². The third kappa shape index (κ3) is 3.07. The number of carbonyl (C=O) groups excluding carboxylic acids is 2. The molecule has 0 bridgehead atoms. The van der Waals surface area contributed by atoms with Crippen LogP contribution in [0.25, 0.3) is 0 Å². The van der Waals surface area contributed by atoms with Crippen LogP contribution in [0.15, 0.2) is 4.42 Å². The summed E-state index contributed by atoms with van der Waals surface area (Å²) in [5.41, 5.74) is 1.13. The zero-order valence-corrected chi connectivity index (χ0v) is 12.5. The zero-order valence-electron chi connectivity index (χ0n) is 12.5. The van der Waals surface area contributed by atoms with Gasteiger partial charge in [-0.05, 0) is 26.7 Å². The van der Waals surface area contributed by atoms with Crippen molar-refractivity contribution in [3.63, 3.8) is 0 Å². The number of likely N-dealkylation sites (tertiary alicyclic amines) is 1. The fourth-order valence-electron chi connectivity index (χ4n) is 2.52. The van der Waals surface area contributed by atoms with Crippen LogP contribution in [0.4, 0.5) is 5.88 Å². The molecule has 1 saturated heterocycles. The Hall–Kier alpha value is -2.29. The number of nitriles is 1. The summed E-state index contributed by atoms with van der Waals surface area (Å²) in [6, 6.07) is 2.05. The average molecular weight is 289 g/mol. The highest BCUT2D eigenvalue weighted by Crippen LogP contribution is 2.27. The molecule has 0 atom stereocenters. The molecule has 6 nitrogen and oxygen atoms in total. The third-order valence-electron chi connectivity index (χ3n) is 4.04. The first kappa shape index (κ1) is 15.1. The second-order valence-electron chi connectivity index (χ2n) is 5.37. The molecular weight excluding hydrogens is 270 g/mol. The molecule has 0 spiro atoms. The van der Waals surface area contributed by atoms with Crippen LogP contribution in [0.2, 0.25) is 0 Å². The van der Waals surface area contributed by atoms with Gasteiger partial charge in [-0.3, -0.25) is 14.9 Å². The Morgan fingerprint density at radius 3 is 2.48 bits per heavy atom. The first-order chi connectivity index (χ1) is 9.93. The van der Waals surface area contributed by atoms with E-state index in [1.807, 2.05) is 0 Å². The van der Waals surface area contributed by atoms with Crippen LogP contribution in [0, 0.1) is 31.1 Å². The van der Waals surface area contributed by atoms with Crippen molar-refractivity contribution in [1.82, 2.24) is 4.90 Å². The molecule has 1 N–H and O–H groups in total. The highest BCUT2D eigenvalue weighted by molar-refractivity contribution is 5.92. The molecule has 0 radical (unpaired) electrons. The quantitative estimate of drug-likeness (QED) is 0.901. The molecular formula is C15H19N3O3. The van der Waals surface area contributed by atoms with E-state index >= 15 is 0 Å². The smallest absolute Gasteiger partial charge is 0.229 e. The maximum Gasteiger partial charge on any atom is 0.229 e. The Kier molecular flexibility index (Phi) is 4.32. The molecule has 2 heterocycles. The maximum absolute atomic E-state index is 12.2. The number of rotatable bonds is 2. The SMILES string of the molecule is CC(=O)N1CCC(C(=O)Nc2oc(C)c(C)c2C#N)CC1. The Balaban J connectivity index is 2.02. The number of hydrogen-bond donors (Lipinski definition) is 1. The van der Waals surface area contributed by atoms with Gasteiger partial charge in [0.05, 0.1) is 0 Å². The number of anilines is 1. The molecule has 1 aromatic heterocycles. The van der Waals surface area contributed by atoms with Crippen molar-refractivity contribution in [3.8, 4) is 6.07 Å². The number of piperidine rings is 1. The van der Waals surface area contributed by atoms with Crippen LogP contribution in [0.5, 0.6) is 0 Å². The van der Waals surface area contributed by atoms with E-state index in [1.165, 1.54) is 6.92 Å². The van der Waals surface area contributed by atoms with Gasteiger partial charge in [0, 0.05) is 31.5 Å². The van der Waals surface area contributed by atoms with Gasteiger partial charge in [0.1, 0.15) is 17.4 Å². The fraction of sp³-hybridized carbons (Fsp3) is 0.533. The van der Waals surface area contributed by atoms with Crippen molar-refractivity contribution in [1.29, 1.82) is 5.26 Å². The minimum Gasteiger partial charge on any atom is -0.444 e. The number of amides is 2. The van der Waals surface area contributed by atoms with Crippen LogP contribution in [-0.4, -0.2) is 29.8 Å². The van der Waals surface area contributed by atoms with Gasteiger partial charge in [-0.1, -0.05) is 0 Å². The van der Waals surface area contributed by atoms with Crippen molar-refractivity contribution in [3.05, 3.63) is 16.9 Å². The molecule has 0 saturated carbocycles. The summed E-state index contributed by atoms with van der Waals surface area (Å²) < 4.78 is 5.44. The predicted molar refractivity (Wildman–Crippen MR) is 76.5 cm³/mol. The van der Waals surface area contributed by atoms with Gasteiger partial charge >= 0.3 is 0 Å². The molecule has 0 unspecified atom stereocenters. The molecule has 1 aliphatic rings. The minimum absolute atomic E-state index is 0.0397. The number of aryl methyl sites for hydroxylation is 1. The van der Waals surface area contributed by atoms with Gasteiger partial charge in [-0.2, -0.15) is 5.26 Å². The lowest BCUT2D eigenvalue weighted by Crippen LogP contribution is -2.40. The normalized spacial score (nSPS) is 15.6. The maximum atomic E-state index is 12.2. The summed E-state index contributed by atoms with van der Waals surface area (Å²) in [6.45, 7) is 6.27. The summed E-state index contributed by atoms with van der Waals surface area (Å²) >= 11 is 0. The Morgan fingerprint density at radius 1 is 1.33 bits per heavy atom. The molecule has 1 aromatic rings. The number of hydrogen-bond acceptors (Lipinski definition) is 4. The van der Waals surface area contributed by atoms with Crippen LogP contribution >= 0.6 is 0 Å². The Labute approximate surface area is 123 Å². The molecule has 1 aliphatic heterocycles. The largest absolute Gasteiger partial charge is 0.444 e. The second kappa shape index (κ2) is 6.00. The lowest BCUT2D eigenvalue weighted by molar-refractivity contribution is -0.132. The van der Waals surface area contributed by atoms with E-state index in [0.29, 0.717) is 37.3 Å². The third-order valence-corrected chi connectivity index (χ3v) is 4.04. The molecule has 21 heavy (non-hydrogen) atoms. The van der Waals surface area contributed by atoms with E-state index in [9.17, 15) is 9.59 Å². The van der Waals surface area contributed by atoms with Gasteiger partial charge in [0.2, 0.25) is 17.7 Å². The van der Waals surface area contributed by atoms with Crippen molar-refractivity contribution in [2.75, 3.05) is 18.4 Å². The van der Waals surface area contributed by atoms with Crippen LogP contribution in [-0.2, 0) is 9.59 Å². The van der Waals surface area contributed by atoms with Crippen molar-refractivity contribution in [2.45, 2.75) is 33.6 Å². The van der Waals surface area contributed by atoms with Crippen LogP contribution in [0.1, 0.15) is 36.7 Å². The van der Waals surface area contributed by atoms with Crippen molar-refractivity contribution >= 4 is 17.7 Å². The number of nitrogens with one attached hydrogen (secondary N) is 1. The number of furan rings is 1. The Bertz CT molecular complexity index is 604. The zero-order chi connectivity index (χ0) is 15.6. The van der Waals surface area contributed by atoms with E-state index < -0.39 is 0 Å². The number of carbonyl (C=O) groups is 2. The summed E-state index contributed by atoms with van der Waals surface area (Å²) in [5.74, 6) is 0.596. The van der Waals surface area contributed by atoms with Crippen LogP contribution < -0.4 is 5.32 Å². The van der Waals surface area contributed by atoms with Gasteiger partial charge < -0.3 is 9.32 Å². The molecule has 2 rings (SSSR count). The molecule has 112 valence electrons. The fourth-order valence-corrected chi connectivity index (χ4v) is 2.52. The summed E-state index contributed by atoms with van der Waals surface area (Å²) in [6.07, 6.45) is 1.26. The van der Waals surface area contributed by atoms with Crippen molar-refractivity contribution < 1.29 is 14.0 Å². The van der Waals surface area contributed by atoms with E-state index in [1.54, 1.807) is 18.7 Å². The van der Waals surface area contributed by atoms with E-state index in [-0.39, 0.29) is 23.6 Å². The summed E-state index contributed by atoms with van der Waals surface area (Å²) in [4.78, 5) is 25.3. The molecule has 0 aliphatic carbocycles. The average Bonchev–Trinajstić information content (AvgIpc) is 2.73. The van der Waals surface area contributed by atoms with Gasteiger partial charge in [-0.15, -0.1) is 0 Å². The topological polar surface area (TPSA) is 86.3 Å². The number of nitrogens with zero attached hydrogens (tertiary/aromatic N) is 2. The minimum atomic E-state index is -0.155. The molecule has 1 fully saturated rings. The standard InChI is InChI=1S/C15H19N3O3/c1-9-10(2)21-15(13(9)8-16)17-14(20)12-4-6-18(7-5-12)11(3)19/h12H,4-7H2,1-3H3,(H,17,20). The molecule has 2 amide bonds. The predicted octanol–water partition coefficient (Wildman–Crippen LogP) is 1.97. The summed E-state index contributed by atoms with van der Waals surface area (Å²) in [7, 11) is 0. The van der Waals surface area contributed by atoms with E-state index in [4.69, 9.17) is 9.68 Å².